The number of pyridine rings is 1. The van der Waals surface area contributed by atoms with E-state index < -0.39 is 0 Å². The fraction of sp³-hybridized carbons (Fsp3) is 0.263. The number of nitrogens with one attached hydrogen (secondary N) is 1. The lowest BCUT2D eigenvalue weighted by Crippen LogP contribution is -2.28. The number of amides is 1. The Bertz CT molecular complexity index is 877. The molecular formula is C19H24Cl2N4O2. The molecular weight excluding hydrogens is 387 g/mol. The summed E-state index contributed by atoms with van der Waals surface area (Å²) >= 11 is 0. The lowest BCUT2D eigenvalue weighted by Gasteiger charge is -2.12. The molecule has 2 heterocycles. The first kappa shape index (κ1) is 22.9. The smallest absolute Gasteiger partial charge is 0.227 e. The Morgan fingerprint density at radius 3 is 2.56 bits per heavy atom. The van der Waals surface area contributed by atoms with Crippen LogP contribution < -0.4 is 11.1 Å². The number of hydrogen-bond donors (Lipinski definition) is 2. The minimum Gasteiger partial charge on any atom is -0.380 e. The zero-order valence-corrected chi connectivity index (χ0v) is 16.8. The van der Waals surface area contributed by atoms with Crippen LogP contribution in [0.2, 0.25) is 0 Å². The van der Waals surface area contributed by atoms with Gasteiger partial charge in [-0.15, -0.1) is 24.8 Å². The lowest BCUT2D eigenvalue weighted by atomic mass is 10.1. The number of aromatic nitrogens is 2. The summed E-state index contributed by atoms with van der Waals surface area (Å²) in [7, 11) is 1.55. The monoisotopic (exact) mass is 410 g/mol. The molecule has 1 amide bonds. The number of anilines is 1. The van der Waals surface area contributed by atoms with Crippen molar-refractivity contribution in [2.75, 3.05) is 19.0 Å². The number of ether oxygens (including phenoxy) is 1. The van der Waals surface area contributed by atoms with Crippen LogP contribution in [-0.4, -0.2) is 35.1 Å². The Morgan fingerprint density at radius 1 is 1.26 bits per heavy atom. The minimum atomic E-state index is -0.263. The quantitative estimate of drug-likeness (QED) is 0.651. The number of halogens is 2. The molecule has 0 aliphatic heterocycles. The van der Waals surface area contributed by atoms with E-state index in [-0.39, 0.29) is 43.2 Å². The van der Waals surface area contributed by atoms with Crippen LogP contribution in [0.25, 0.3) is 16.9 Å². The van der Waals surface area contributed by atoms with Gasteiger partial charge in [-0.3, -0.25) is 4.79 Å². The molecule has 0 spiro atoms. The highest BCUT2D eigenvalue weighted by Gasteiger charge is 2.12. The minimum absolute atomic E-state index is 0. The van der Waals surface area contributed by atoms with Gasteiger partial charge in [-0.25, -0.2) is 4.98 Å². The van der Waals surface area contributed by atoms with E-state index in [1.807, 2.05) is 60.1 Å². The number of carbonyl (C=O) groups is 1. The van der Waals surface area contributed by atoms with Gasteiger partial charge in [-0.05, 0) is 30.7 Å². The van der Waals surface area contributed by atoms with Gasteiger partial charge in [0, 0.05) is 37.3 Å². The fourth-order valence-corrected chi connectivity index (χ4v) is 2.70. The first-order valence-electron chi connectivity index (χ1n) is 8.18. The second-order valence-corrected chi connectivity index (χ2v) is 5.97. The van der Waals surface area contributed by atoms with Gasteiger partial charge in [-0.1, -0.05) is 18.2 Å². The van der Waals surface area contributed by atoms with Crippen molar-refractivity contribution < 1.29 is 9.53 Å². The summed E-state index contributed by atoms with van der Waals surface area (Å²) in [5.41, 5.74) is 10.2. The Kier molecular flexibility index (Phi) is 8.72. The van der Waals surface area contributed by atoms with Gasteiger partial charge < -0.3 is 20.2 Å². The molecule has 0 fully saturated rings. The van der Waals surface area contributed by atoms with Crippen LogP contribution >= 0.6 is 24.8 Å². The van der Waals surface area contributed by atoms with Crippen LogP contribution in [0.3, 0.4) is 0 Å². The number of hydrogen-bond acceptors (Lipinski definition) is 4. The molecule has 0 bridgehead atoms. The van der Waals surface area contributed by atoms with Crippen molar-refractivity contribution in [3.8, 4) is 11.3 Å². The average Bonchev–Trinajstić information content (AvgIpc) is 3.06. The van der Waals surface area contributed by atoms with Gasteiger partial charge in [0.25, 0.3) is 0 Å². The van der Waals surface area contributed by atoms with E-state index in [9.17, 15) is 4.79 Å². The maximum absolute atomic E-state index is 12.0. The molecule has 0 saturated carbocycles. The van der Waals surface area contributed by atoms with Gasteiger partial charge in [0.05, 0.1) is 18.2 Å². The number of imidazole rings is 1. The maximum atomic E-state index is 12.0. The summed E-state index contributed by atoms with van der Waals surface area (Å²) in [6, 6.07) is 11.7. The Balaban J connectivity index is 0.00000182. The third-order valence-corrected chi connectivity index (χ3v) is 4.15. The number of nitrogens with two attached hydrogens (primary N) is 1. The summed E-state index contributed by atoms with van der Waals surface area (Å²) in [6.45, 7) is 2.36. The topological polar surface area (TPSA) is 81.6 Å². The molecule has 0 aliphatic carbocycles. The molecule has 0 aliphatic rings. The highest BCUT2D eigenvalue weighted by molar-refractivity contribution is 5.91. The standard InChI is InChI=1S/C19H22N4O2.2ClH/c1-13-4-3-9-23-12-17(22-19(13)23)14-5-7-15(8-6-14)21-18(24)10-16(11-20)25-2;;/h3-9,12,16H,10-11,20H2,1-2H3,(H,21,24);2*1H. The normalized spacial score (nSPS) is 11.4. The van der Waals surface area contributed by atoms with Crippen LogP contribution in [-0.2, 0) is 9.53 Å². The predicted octanol–water partition coefficient (Wildman–Crippen LogP) is 3.46. The number of carbonyl (C=O) groups excluding carboxylic acids is 1. The third-order valence-electron chi connectivity index (χ3n) is 4.15. The van der Waals surface area contributed by atoms with E-state index in [1.54, 1.807) is 7.11 Å². The maximum Gasteiger partial charge on any atom is 0.227 e. The number of benzene rings is 1. The predicted molar refractivity (Wildman–Crippen MR) is 113 cm³/mol. The van der Waals surface area contributed by atoms with E-state index in [0.717, 1.165) is 28.2 Å². The number of fused-ring (bicyclic) bond motifs is 1. The second kappa shape index (κ2) is 10.3. The van der Waals surface area contributed by atoms with Crippen molar-refractivity contribution in [3.63, 3.8) is 0 Å². The summed E-state index contributed by atoms with van der Waals surface area (Å²) < 4.78 is 7.14. The Labute approximate surface area is 170 Å². The Morgan fingerprint density at radius 2 is 1.96 bits per heavy atom. The molecule has 1 aromatic carbocycles. The van der Waals surface area contributed by atoms with Crippen LogP contribution in [0.4, 0.5) is 5.69 Å². The highest BCUT2D eigenvalue weighted by Crippen LogP contribution is 2.22. The van der Waals surface area contributed by atoms with E-state index in [0.29, 0.717) is 6.54 Å². The molecule has 27 heavy (non-hydrogen) atoms. The second-order valence-electron chi connectivity index (χ2n) is 5.97. The highest BCUT2D eigenvalue weighted by atomic mass is 35.5. The van der Waals surface area contributed by atoms with E-state index in [2.05, 4.69) is 10.3 Å². The largest absolute Gasteiger partial charge is 0.380 e. The molecule has 2 aromatic heterocycles. The fourth-order valence-electron chi connectivity index (χ4n) is 2.70. The summed E-state index contributed by atoms with van der Waals surface area (Å²) in [5, 5.41) is 2.86. The van der Waals surface area contributed by atoms with Gasteiger partial charge >= 0.3 is 0 Å². The zero-order valence-electron chi connectivity index (χ0n) is 15.2. The van der Waals surface area contributed by atoms with E-state index in [4.69, 9.17) is 10.5 Å². The van der Waals surface area contributed by atoms with Gasteiger partial charge in [0.1, 0.15) is 5.65 Å². The molecule has 8 heteroatoms. The van der Waals surface area contributed by atoms with E-state index >= 15 is 0 Å². The molecule has 3 aromatic rings. The van der Waals surface area contributed by atoms with Crippen molar-refractivity contribution in [3.05, 3.63) is 54.4 Å². The number of aryl methyl sites for hydroxylation is 1. The summed E-state index contributed by atoms with van der Waals surface area (Å²) in [4.78, 5) is 16.7. The molecule has 1 atom stereocenters. The number of rotatable bonds is 6. The van der Waals surface area contributed by atoms with Gasteiger partial charge in [0.15, 0.2) is 0 Å². The Hall–Kier alpha value is -2.12. The zero-order chi connectivity index (χ0) is 17.8. The molecule has 0 radical (unpaired) electrons. The van der Waals surface area contributed by atoms with Crippen LogP contribution in [0.15, 0.2) is 48.8 Å². The van der Waals surface area contributed by atoms with Crippen LogP contribution in [0, 0.1) is 6.92 Å². The summed E-state index contributed by atoms with van der Waals surface area (Å²) in [6.07, 6.45) is 3.96. The van der Waals surface area contributed by atoms with Crippen molar-refractivity contribution in [1.82, 2.24) is 9.38 Å². The SMILES string of the molecule is COC(CN)CC(=O)Nc1ccc(-c2cn3cccc(C)c3n2)cc1.Cl.Cl. The van der Waals surface area contributed by atoms with Crippen molar-refractivity contribution >= 4 is 42.1 Å². The van der Waals surface area contributed by atoms with Crippen molar-refractivity contribution in [2.24, 2.45) is 5.73 Å². The van der Waals surface area contributed by atoms with Gasteiger partial charge in [0.2, 0.25) is 5.91 Å². The first-order chi connectivity index (χ1) is 12.1. The van der Waals surface area contributed by atoms with Crippen molar-refractivity contribution in [1.29, 1.82) is 0 Å². The molecule has 0 saturated heterocycles. The average molecular weight is 411 g/mol. The third kappa shape index (κ3) is 5.43. The van der Waals surface area contributed by atoms with Gasteiger partial charge in [-0.2, -0.15) is 0 Å². The molecule has 6 nitrogen and oxygen atoms in total. The van der Waals surface area contributed by atoms with E-state index in [1.165, 1.54) is 0 Å². The van der Waals surface area contributed by atoms with Crippen LogP contribution in [0.1, 0.15) is 12.0 Å². The molecule has 146 valence electrons. The van der Waals surface area contributed by atoms with Crippen LogP contribution in [0.5, 0.6) is 0 Å². The summed E-state index contributed by atoms with van der Waals surface area (Å²) in [5.74, 6) is -0.117. The number of nitrogens with zero attached hydrogens (tertiary/aromatic N) is 2. The molecule has 3 N–H and O–H groups in total. The number of methoxy groups -OCH3 is 1. The molecule has 3 rings (SSSR count). The molecule has 1 unspecified atom stereocenters. The van der Waals surface area contributed by atoms with Crippen molar-refractivity contribution in [2.45, 2.75) is 19.4 Å². The lowest BCUT2D eigenvalue weighted by molar-refractivity contribution is -0.118. The first-order valence-corrected chi connectivity index (χ1v) is 8.18.